The van der Waals surface area contributed by atoms with Crippen LogP contribution in [0.3, 0.4) is 0 Å². The summed E-state index contributed by atoms with van der Waals surface area (Å²) in [4.78, 5) is 42.1. The highest BCUT2D eigenvalue weighted by Crippen LogP contribution is 2.55. The van der Waals surface area contributed by atoms with Crippen molar-refractivity contribution in [3.05, 3.63) is 88.5 Å². The molecule has 53 heavy (non-hydrogen) atoms. The molecule has 3 heterocycles. The van der Waals surface area contributed by atoms with Gasteiger partial charge in [0.15, 0.2) is 29.1 Å². The fourth-order valence-electron chi connectivity index (χ4n) is 8.22. The predicted molar refractivity (Wildman–Crippen MR) is 189 cm³/mol. The van der Waals surface area contributed by atoms with Crippen LogP contribution in [0.2, 0.25) is 0 Å². The van der Waals surface area contributed by atoms with Gasteiger partial charge in [-0.05, 0) is 74.2 Å². The minimum Gasteiger partial charge on any atom is -0.493 e. The highest BCUT2D eigenvalue weighted by atomic mass is 16.7. The molecule has 13 heteroatoms. The van der Waals surface area contributed by atoms with Crippen molar-refractivity contribution in [3.8, 4) is 28.7 Å². The molecule has 1 aliphatic carbocycles. The van der Waals surface area contributed by atoms with E-state index in [0.717, 1.165) is 10.6 Å². The van der Waals surface area contributed by atoms with Crippen molar-refractivity contribution in [2.45, 2.75) is 63.3 Å². The van der Waals surface area contributed by atoms with E-state index in [1.807, 2.05) is 54.6 Å². The molecule has 0 saturated carbocycles. The number of hydroxylamine groups is 2. The number of rotatable bonds is 10. The van der Waals surface area contributed by atoms with Crippen molar-refractivity contribution in [1.29, 1.82) is 0 Å². The molecule has 2 N–H and O–H groups in total. The molecule has 1 amide bonds. The van der Waals surface area contributed by atoms with E-state index in [-0.39, 0.29) is 25.4 Å². The van der Waals surface area contributed by atoms with Crippen LogP contribution in [0.4, 0.5) is 0 Å². The number of fused-ring (bicyclic) bond motifs is 3. The maximum atomic E-state index is 14.5. The molecule has 0 aromatic heterocycles. The van der Waals surface area contributed by atoms with Gasteiger partial charge in [0.2, 0.25) is 12.5 Å². The number of benzene rings is 3. The Kier molecular flexibility index (Phi) is 9.27. The van der Waals surface area contributed by atoms with Gasteiger partial charge < -0.3 is 43.7 Å². The molecule has 4 aliphatic rings. The van der Waals surface area contributed by atoms with Crippen LogP contribution in [0.25, 0.3) is 0 Å². The third-order valence-corrected chi connectivity index (χ3v) is 10.8. The summed E-state index contributed by atoms with van der Waals surface area (Å²) < 4.78 is 40.3. The molecule has 0 radical (unpaired) electrons. The van der Waals surface area contributed by atoms with Crippen LogP contribution in [0.5, 0.6) is 28.7 Å². The maximum Gasteiger partial charge on any atom is 0.336 e. The van der Waals surface area contributed by atoms with Gasteiger partial charge in [0.05, 0.1) is 56.5 Å². The monoisotopic (exact) mass is 728 g/mol. The first-order chi connectivity index (χ1) is 25.3. The Labute approximate surface area is 307 Å². The van der Waals surface area contributed by atoms with Gasteiger partial charge in [-0.15, -0.1) is 0 Å². The summed E-state index contributed by atoms with van der Waals surface area (Å²) in [7, 11) is 4.57. The van der Waals surface area contributed by atoms with Gasteiger partial charge >= 0.3 is 11.9 Å². The summed E-state index contributed by atoms with van der Waals surface area (Å²) in [5, 5.41) is 15.1. The highest BCUT2D eigenvalue weighted by molar-refractivity contribution is 5.94. The Morgan fingerprint density at radius 3 is 2.15 bits per heavy atom. The molecule has 7 rings (SSSR count). The summed E-state index contributed by atoms with van der Waals surface area (Å²) in [5.74, 6) is -1.26. The number of nitrogens with zero attached hydrogens (tertiary/aromatic N) is 1. The second-order valence-corrected chi connectivity index (χ2v) is 14.7. The van der Waals surface area contributed by atoms with Crippen molar-refractivity contribution in [2.75, 3.05) is 34.7 Å². The molecule has 1 fully saturated rings. The van der Waals surface area contributed by atoms with Crippen molar-refractivity contribution >= 4 is 17.8 Å². The summed E-state index contributed by atoms with van der Waals surface area (Å²) >= 11 is 0. The quantitative estimate of drug-likeness (QED) is 0.274. The molecule has 1 unspecified atom stereocenters. The molecule has 5 atom stereocenters. The average Bonchev–Trinajstić information content (AvgIpc) is 3.81. The Morgan fingerprint density at radius 2 is 1.57 bits per heavy atom. The Hall–Kier alpha value is -5.27. The lowest BCUT2D eigenvalue weighted by molar-refractivity contribution is -0.188. The first kappa shape index (κ1) is 36.1. The lowest BCUT2D eigenvalue weighted by atomic mass is 9.65. The van der Waals surface area contributed by atoms with E-state index in [1.54, 1.807) is 33.8 Å². The van der Waals surface area contributed by atoms with Crippen LogP contribution in [0, 0.1) is 11.8 Å². The van der Waals surface area contributed by atoms with Crippen LogP contribution in [0.1, 0.15) is 61.9 Å². The number of amides is 1. The minimum absolute atomic E-state index is 0.0162. The van der Waals surface area contributed by atoms with Crippen LogP contribution in [-0.2, 0) is 30.3 Å². The largest absolute Gasteiger partial charge is 0.493 e. The van der Waals surface area contributed by atoms with E-state index in [2.05, 4.69) is 5.32 Å². The van der Waals surface area contributed by atoms with Gasteiger partial charge in [0.25, 0.3) is 5.91 Å². The molecule has 3 aromatic carbocycles. The van der Waals surface area contributed by atoms with E-state index in [4.69, 9.17) is 33.2 Å². The molecule has 280 valence electrons. The minimum atomic E-state index is -1.26. The zero-order valence-electron chi connectivity index (χ0n) is 30.8. The van der Waals surface area contributed by atoms with Gasteiger partial charge in [-0.25, -0.2) is 4.79 Å². The van der Waals surface area contributed by atoms with Gasteiger partial charge in [0.1, 0.15) is 0 Å². The molecule has 3 aromatic rings. The first-order valence-corrected chi connectivity index (χ1v) is 17.5. The molecular formula is C40H44N2O11. The number of carbonyl (C=O) groups is 3. The van der Waals surface area contributed by atoms with Crippen molar-refractivity contribution in [1.82, 2.24) is 10.4 Å². The van der Waals surface area contributed by atoms with E-state index in [1.165, 1.54) is 21.3 Å². The number of methoxy groups -OCH3 is 3. The third-order valence-electron chi connectivity index (χ3n) is 10.8. The Morgan fingerprint density at radius 1 is 0.925 bits per heavy atom. The Balaban J connectivity index is 1.29. The number of hydrogen-bond acceptors (Lipinski definition) is 12. The summed E-state index contributed by atoms with van der Waals surface area (Å²) in [5.41, 5.74) is 1.21. The summed E-state index contributed by atoms with van der Waals surface area (Å²) in [6.07, 6.45) is 0.470. The normalized spacial score (nSPS) is 23.9. The number of cyclic esters (lactones) is 1. The van der Waals surface area contributed by atoms with E-state index in [9.17, 15) is 19.6 Å². The molecule has 3 aliphatic heterocycles. The topological polar surface area (TPSA) is 151 Å². The van der Waals surface area contributed by atoms with Crippen LogP contribution in [0.15, 0.2) is 66.2 Å². The Bertz CT molecular complexity index is 1950. The number of esters is 2. The van der Waals surface area contributed by atoms with Crippen LogP contribution < -0.4 is 29.0 Å². The molecule has 0 bridgehead atoms. The van der Waals surface area contributed by atoms with Gasteiger partial charge in [0, 0.05) is 18.3 Å². The standard InChI is InChI=1S/C40H44N2O11/c1-39(2)18-26(40(3,4)42(39)46)37(44)53-31(13-21-11-9-8-10-12-21)36(43)41-34-24-17-28-27(51-20-52-28)16-23(24)32(33-25(34)19-50-38(33)45)22-14-29(47-5)35(49-7)30(15-22)48-6/h8-12,14-18,25,31-34,46H,13,19-20H2,1-7H3,(H,41,43)/t25-,31?,32+,33-,34+/m0/s1. The number of ether oxygens (including phenoxy) is 7. The molecule has 0 spiro atoms. The lowest BCUT2D eigenvalue weighted by Crippen LogP contribution is -2.50. The summed E-state index contributed by atoms with van der Waals surface area (Å²) in [6, 6.07) is 15.8. The molecule has 13 nitrogen and oxygen atoms in total. The molecule has 1 saturated heterocycles. The maximum absolute atomic E-state index is 14.5. The third kappa shape index (κ3) is 6.21. The van der Waals surface area contributed by atoms with Gasteiger partial charge in [-0.2, -0.15) is 5.06 Å². The van der Waals surface area contributed by atoms with E-state index < -0.39 is 58.8 Å². The number of nitrogens with one attached hydrogen (secondary N) is 1. The average molecular weight is 729 g/mol. The highest BCUT2D eigenvalue weighted by Gasteiger charge is 2.54. The van der Waals surface area contributed by atoms with Crippen molar-refractivity contribution in [2.24, 2.45) is 11.8 Å². The lowest BCUT2D eigenvalue weighted by Gasteiger charge is -2.40. The zero-order valence-corrected chi connectivity index (χ0v) is 30.8. The summed E-state index contributed by atoms with van der Waals surface area (Å²) in [6.45, 7) is 7.04. The van der Waals surface area contributed by atoms with Crippen molar-refractivity contribution < 1.29 is 52.7 Å². The fraction of sp³-hybridized carbons (Fsp3) is 0.425. The predicted octanol–water partition coefficient (Wildman–Crippen LogP) is 4.88. The van der Waals surface area contributed by atoms with Crippen molar-refractivity contribution in [3.63, 3.8) is 0 Å². The van der Waals surface area contributed by atoms with E-state index >= 15 is 0 Å². The number of carbonyl (C=O) groups excluding carboxylic acids is 3. The number of hydrogen-bond donors (Lipinski definition) is 2. The van der Waals surface area contributed by atoms with Gasteiger partial charge in [-0.3, -0.25) is 9.59 Å². The smallest absolute Gasteiger partial charge is 0.336 e. The van der Waals surface area contributed by atoms with E-state index in [0.29, 0.717) is 45.4 Å². The van der Waals surface area contributed by atoms with Gasteiger partial charge in [-0.1, -0.05) is 36.4 Å². The second kappa shape index (κ2) is 13.6. The van der Waals surface area contributed by atoms with Crippen LogP contribution in [-0.4, -0.2) is 80.0 Å². The molecular weight excluding hydrogens is 684 g/mol. The SMILES string of the molecule is COc1cc([C@@H]2c3cc4c(cc3[C@@H](NC(=O)C(Cc3ccccc3)OC(=O)C3=CC(C)(C)N(O)C3(C)C)[C@H]3COC(=O)[C@H]23)OCO4)cc(OC)c1OC. The second-order valence-electron chi connectivity index (χ2n) is 14.7. The first-order valence-electron chi connectivity index (χ1n) is 17.5. The fourth-order valence-corrected chi connectivity index (χ4v) is 8.22. The van der Waals surface area contributed by atoms with Crippen LogP contribution >= 0.6 is 0 Å². The zero-order chi connectivity index (χ0) is 37.8.